The Morgan fingerprint density at radius 2 is 1.82 bits per heavy atom. The average molecular weight is 296 g/mol. The molecule has 1 unspecified atom stereocenters. The van der Waals surface area contributed by atoms with Gasteiger partial charge in [-0.3, -0.25) is 14.9 Å². The third-order valence-corrected chi connectivity index (χ3v) is 3.65. The molecule has 0 saturated carbocycles. The molecule has 17 heavy (non-hydrogen) atoms. The van der Waals surface area contributed by atoms with Crippen LogP contribution in [-0.2, 0) is 9.59 Å². The van der Waals surface area contributed by atoms with Gasteiger partial charge in [-0.05, 0) is 23.1 Å². The quantitative estimate of drug-likeness (QED) is 0.810. The summed E-state index contributed by atoms with van der Waals surface area (Å²) >= 11 is 3.37. The van der Waals surface area contributed by atoms with Crippen molar-refractivity contribution in [3.63, 3.8) is 0 Å². The molecule has 1 aliphatic rings. The molecule has 1 fully saturated rings. The summed E-state index contributed by atoms with van der Waals surface area (Å²) in [7, 11) is 0. The number of amides is 2. The molecule has 0 spiro atoms. The molecule has 1 heterocycles. The number of benzene rings is 1. The predicted molar refractivity (Wildman–Crippen MR) is 68.4 cm³/mol. The molecule has 90 valence electrons. The molecule has 0 bridgehead atoms. The van der Waals surface area contributed by atoms with Crippen LogP contribution >= 0.6 is 15.9 Å². The molecule has 1 aromatic carbocycles. The zero-order chi connectivity index (χ0) is 12.6. The van der Waals surface area contributed by atoms with Crippen LogP contribution in [0.5, 0.6) is 0 Å². The van der Waals surface area contributed by atoms with Crippen LogP contribution in [0.25, 0.3) is 0 Å². The maximum atomic E-state index is 12.0. The van der Waals surface area contributed by atoms with Crippen molar-refractivity contribution in [3.05, 3.63) is 34.3 Å². The number of imide groups is 1. The van der Waals surface area contributed by atoms with Gasteiger partial charge in [0.05, 0.1) is 5.92 Å². The Balaban J connectivity index is 2.39. The first kappa shape index (κ1) is 12.3. The van der Waals surface area contributed by atoms with E-state index in [2.05, 4.69) is 21.2 Å². The number of hydrogen-bond donors (Lipinski definition) is 1. The van der Waals surface area contributed by atoms with E-state index in [-0.39, 0.29) is 23.1 Å². The summed E-state index contributed by atoms with van der Waals surface area (Å²) in [5.74, 6) is -0.657. The fourth-order valence-electron chi connectivity index (χ4n) is 2.38. The van der Waals surface area contributed by atoms with Gasteiger partial charge >= 0.3 is 0 Å². The van der Waals surface area contributed by atoms with E-state index < -0.39 is 0 Å². The first-order valence-corrected chi connectivity index (χ1v) is 6.28. The lowest BCUT2D eigenvalue weighted by Crippen LogP contribution is -2.48. The van der Waals surface area contributed by atoms with Gasteiger partial charge in [-0.1, -0.05) is 41.9 Å². The third kappa shape index (κ3) is 2.41. The van der Waals surface area contributed by atoms with Crippen LogP contribution in [0.2, 0.25) is 0 Å². The second kappa shape index (κ2) is 4.26. The lowest BCUT2D eigenvalue weighted by molar-refractivity contribution is -0.138. The van der Waals surface area contributed by atoms with Crippen molar-refractivity contribution in [1.29, 1.82) is 0 Å². The molecular formula is C13H14BrNO2. The number of piperidine rings is 1. The average Bonchev–Trinajstić information content (AvgIpc) is 2.18. The number of hydrogen-bond acceptors (Lipinski definition) is 2. The highest BCUT2D eigenvalue weighted by Crippen LogP contribution is 2.41. The minimum absolute atomic E-state index is 0.187. The fraction of sp³-hybridized carbons (Fsp3) is 0.385. The summed E-state index contributed by atoms with van der Waals surface area (Å²) in [6, 6.07) is 7.67. The molecule has 0 radical (unpaired) electrons. The number of rotatable bonds is 1. The lowest BCUT2D eigenvalue weighted by atomic mass is 9.70. The first-order chi connectivity index (χ1) is 7.90. The van der Waals surface area contributed by atoms with E-state index in [1.807, 2.05) is 38.1 Å². The normalized spacial score (nSPS) is 23.4. The standard InChI is InChI=1S/C13H14BrNO2/c1-13(2)7-10(16)15-12(17)11(13)8-3-5-9(14)6-4-8/h3-6,11H,7H2,1-2H3,(H,15,16,17). The summed E-state index contributed by atoms with van der Waals surface area (Å²) < 4.78 is 0.978. The Morgan fingerprint density at radius 1 is 1.24 bits per heavy atom. The topological polar surface area (TPSA) is 46.2 Å². The number of nitrogens with one attached hydrogen (secondary N) is 1. The van der Waals surface area contributed by atoms with Crippen LogP contribution in [0.4, 0.5) is 0 Å². The molecule has 0 aromatic heterocycles. The molecule has 1 aromatic rings. The Hall–Kier alpha value is -1.16. The van der Waals surface area contributed by atoms with Gasteiger partial charge in [0.15, 0.2) is 0 Å². The molecule has 3 nitrogen and oxygen atoms in total. The SMILES string of the molecule is CC1(C)CC(=O)NC(=O)C1c1ccc(Br)cc1. The Labute approximate surface area is 109 Å². The van der Waals surface area contributed by atoms with E-state index in [0.29, 0.717) is 6.42 Å². The van der Waals surface area contributed by atoms with E-state index in [0.717, 1.165) is 10.0 Å². The third-order valence-electron chi connectivity index (χ3n) is 3.13. The van der Waals surface area contributed by atoms with Crippen LogP contribution in [0, 0.1) is 5.41 Å². The first-order valence-electron chi connectivity index (χ1n) is 5.49. The van der Waals surface area contributed by atoms with Crippen molar-refractivity contribution in [3.8, 4) is 0 Å². The van der Waals surface area contributed by atoms with Crippen LogP contribution in [0.3, 0.4) is 0 Å². The molecule has 2 rings (SSSR count). The zero-order valence-corrected chi connectivity index (χ0v) is 11.4. The predicted octanol–water partition coefficient (Wildman–Crippen LogP) is 2.61. The highest BCUT2D eigenvalue weighted by molar-refractivity contribution is 9.10. The maximum Gasteiger partial charge on any atom is 0.234 e. The molecule has 0 aliphatic carbocycles. The van der Waals surface area contributed by atoms with E-state index >= 15 is 0 Å². The van der Waals surface area contributed by atoms with Gasteiger partial charge in [-0.25, -0.2) is 0 Å². The highest BCUT2D eigenvalue weighted by Gasteiger charge is 2.42. The van der Waals surface area contributed by atoms with Crippen molar-refractivity contribution in [2.75, 3.05) is 0 Å². The summed E-state index contributed by atoms with van der Waals surface area (Å²) in [5.41, 5.74) is 0.607. The van der Waals surface area contributed by atoms with Crippen molar-refractivity contribution in [2.45, 2.75) is 26.2 Å². The van der Waals surface area contributed by atoms with Crippen molar-refractivity contribution in [2.24, 2.45) is 5.41 Å². The molecular weight excluding hydrogens is 282 g/mol. The van der Waals surface area contributed by atoms with Crippen molar-refractivity contribution >= 4 is 27.7 Å². The monoisotopic (exact) mass is 295 g/mol. The van der Waals surface area contributed by atoms with E-state index in [4.69, 9.17) is 0 Å². The summed E-state index contributed by atoms with van der Waals surface area (Å²) in [5, 5.41) is 2.41. The van der Waals surface area contributed by atoms with Crippen LogP contribution in [0.1, 0.15) is 31.7 Å². The molecule has 2 amide bonds. The second-order valence-corrected chi connectivity index (χ2v) is 5.98. The van der Waals surface area contributed by atoms with Gasteiger partial charge in [0, 0.05) is 10.9 Å². The highest BCUT2D eigenvalue weighted by atomic mass is 79.9. The minimum atomic E-state index is -0.340. The zero-order valence-electron chi connectivity index (χ0n) is 9.79. The van der Waals surface area contributed by atoms with Crippen LogP contribution < -0.4 is 5.32 Å². The number of carbonyl (C=O) groups excluding carboxylic acids is 2. The summed E-state index contributed by atoms with van der Waals surface area (Å²) in [6.07, 6.45) is 0.374. The summed E-state index contributed by atoms with van der Waals surface area (Å²) in [6.45, 7) is 3.91. The fourth-order valence-corrected chi connectivity index (χ4v) is 2.65. The van der Waals surface area contributed by atoms with E-state index in [1.54, 1.807) is 0 Å². The minimum Gasteiger partial charge on any atom is -0.296 e. The van der Waals surface area contributed by atoms with Crippen molar-refractivity contribution in [1.82, 2.24) is 5.32 Å². The van der Waals surface area contributed by atoms with Crippen LogP contribution in [-0.4, -0.2) is 11.8 Å². The van der Waals surface area contributed by atoms with E-state index in [1.165, 1.54) is 0 Å². The largest absolute Gasteiger partial charge is 0.296 e. The van der Waals surface area contributed by atoms with Gasteiger partial charge < -0.3 is 0 Å². The Bertz CT molecular complexity index is 465. The van der Waals surface area contributed by atoms with Gasteiger partial charge in [0.2, 0.25) is 11.8 Å². The Kier molecular flexibility index (Phi) is 3.08. The van der Waals surface area contributed by atoms with Gasteiger partial charge in [0.1, 0.15) is 0 Å². The maximum absolute atomic E-state index is 12.0. The molecule has 1 aliphatic heterocycles. The molecule has 4 heteroatoms. The van der Waals surface area contributed by atoms with Gasteiger partial charge in [-0.2, -0.15) is 0 Å². The Morgan fingerprint density at radius 3 is 2.35 bits per heavy atom. The number of carbonyl (C=O) groups is 2. The second-order valence-electron chi connectivity index (χ2n) is 5.06. The molecule has 1 atom stereocenters. The van der Waals surface area contributed by atoms with Crippen molar-refractivity contribution < 1.29 is 9.59 Å². The van der Waals surface area contributed by atoms with Gasteiger partial charge in [-0.15, -0.1) is 0 Å². The van der Waals surface area contributed by atoms with E-state index in [9.17, 15) is 9.59 Å². The molecule has 1 saturated heterocycles. The molecule has 1 N–H and O–H groups in total. The summed E-state index contributed by atoms with van der Waals surface area (Å²) in [4.78, 5) is 23.3. The van der Waals surface area contributed by atoms with Crippen LogP contribution in [0.15, 0.2) is 28.7 Å². The van der Waals surface area contributed by atoms with Gasteiger partial charge in [0.25, 0.3) is 0 Å². The number of halogens is 1. The smallest absolute Gasteiger partial charge is 0.234 e. The lowest BCUT2D eigenvalue weighted by Gasteiger charge is -2.36.